The molecule has 0 unspecified atom stereocenters. The number of fused-ring (bicyclic) bond motifs is 1. The maximum Gasteiger partial charge on any atom is 0.348 e. The number of halogens is 1. The van der Waals surface area contributed by atoms with E-state index in [1.54, 1.807) is 13.0 Å². The van der Waals surface area contributed by atoms with E-state index in [0.717, 1.165) is 5.56 Å². The Morgan fingerprint density at radius 2 is 2.30 bits per heavy atom. The van der Waals surface area contributed by atoms with E-state index in [0.29, 0.717) is 39.3 Å². The monoisotopic (exact) mass is 311 g/mol. The Balaban J connectivity index is 2.50. The molecule has 2 aromatic heterocycles. The Morgan fingerprint density at radius 3 is 2.95 bits per heavy atom. The SMILES string of the molecule is C=CCNc1nc(Cl)c2c(C)c(C(=O)OCC)sc2n1. The molecule has 1 N–H and O–H groups in total. The van der Waals surface area contributed by atoms with Crippen molar-refractivity contribution in [3.63, 3.8) is 0 Å². The summed E-state index contributed by atoms with van der Waals surface area (Å²) in [6.45, 7) is 8.07. The van der Waals surface area contributed by atoms with E-state index in [2.05, 4.69) is 21.9 Å². The van der Waals surface area contributed by atoms with Gasteiger partial charge in [-0.1, -0.05) is 17.7 Å². The highest BCUT2D eigenvalue weighted by atomic mass is 35.5. The molecule has 0 aromatic carbocycles. The van der Waals surface area contributed by atoms with Gasteiger partial charge >= 0.3 is 5.97 Å². The van der Waals surface area contributed by atoms with E-state index in [1.807, 2.05) is 6.92 Å². The smallest absolute Gasteiger partial charge is 0.348 e. The van der Waals surface area contributed by atoms with Crippen LogP contribution in [0.15, 0.2) is 12.7 Å². The molecule has 0 aliphatic heterocycles. The van der Waals surface area contributed by atoms with E-state index in [-0.39, 0.29) is 5.97 Å². The molecular formula is C13H14ClN3O2S. The number of carbonyl (C=O) groups is 1. The van der Waals surface area contributed by atoms with Crippen molar-refractivity contribution in [2.45, 2.75) is 13.8 Å². The number of nitrogens with zero attached hydrogens (tertiary/aromatic N) is 2. The molecule has 2 rings (SSSR count). The number of hydrogen-bond acceptors (Lipinski definition) is 6. The lowest BCUT2D eigenvalue weighted by Gasteiger charge is -2.02. The molecule has 0 bridgehead atoms. The van der Waals surface area contributed by atoms with E-state index < -0.39 is 0 Å². The van der Waals surface area contributed by atoms with Gasteiger partial charge in [-0.2, -0.15) is 0 Å². The van der Waals surface area contributed by atoms with Gasteiger partial charge in [0.25, 0.3) is 0 Å². The fourth-order valence-electron chi connectivity index (χ4n) is 1.72. The van der Waals surface area contributed by atoms with Crippen LogP contribution in [0, 0.1) is 6.92 Å². The number of nitrogens with one attached hydrogen (secondary N) is 1. The summed E-state index contributed by atoms with van der Waals surface area (Å²) in [6.07, 6.45) is 1.70. The number of thiophene rings is 1. The van der Waals surface area contributed by atoms with Crippen molar-refractivity contribution in [3.05, 3.63) is 28.2 Å². The van der Waals surface area contributed by atoms with Crippen LogP contribution in [0.4, 0.5) is 5.95 Å². The lowest BCUT2D eigenvalue weighted by Crippen LogP contribution is -2.03. The first kappa shape index (κ1) is 14.7. The average Bonchev–Trinajstić information content (AvgIpc) is 2.74. The molecule has 0 spiro atoms. The average molecular weight is 312 g/mol. The molecule has 2 aromatic rings. The van der Waals surface area contributed by atoms with E-state index in [1.165, 1.54) is 11.3 Å². The zero-order valence-electron chi connectivity index (χ0n) is 11.2. The quantitative estimate of drug-likeness (QED) is 0.520. The van der Waals surface area contributed by atoms with Gasteiger partial charge in [0.05, 0.1) is 12.0 Å². The van der Waals surface area contributed by atoms with Crippen LogP contribution in [0.5, 0.6) is 0 Å². The second-order valence-electron chi connectivity index (χ2n) is 3.96. The van der Waals surface area contributed by atoms with Crippen molar-refractivity contribution in [3.8, 4) is 0 Å². The van der Waals surface area contributed by atoms with Gasteiger partial charge in [-0.05, 0) is 19.4 Å². The van der Waals surface area contributed by atoms with Crippen LogP contribution < -0.4 is 5.32 Å². The predicted octanol–water partition coefficient (Wildman–Crippen LogP) is 3.43. The highest BCUT2D eigenvalue weighted by molar-refractivity contribution is 7.20. The Morgan fingerprint density at radius 1 is 1.55 bits per heavy atom. The number of anilines is 1. The van der Waals surface area contributed by atoms with Crippen molar-refractivity contribution in [1.29, 1.82) is 0 Å². The number of carbonyl (C=O) groups excluding carboxylic acids is 1. The van der Waals surface area contributed by atoms with Gasteiger partial charge < -0.3 is 10.1 Å². The number of aromatic nitrogens is 2. The Hall–Kier alpha value is -1.66. The molecule has 7 heteroatoms. The summed E-state index contributed by atoms with van der Waals surface area (Å²) >= 11 is 7.44. The second-order valence-corrected chi connectivity index (χ2v) is 5.32. The molecular weight excluding hydrogens is 298 g/mol. The summed E-state index contributed by atoms with van der Waals surface area (Å²) in [4.78, 5) is 21.6. The van der Waals surface area contributed by atoms with Gasteiger partial charge in [0.2, 0.25) is 5.95 Å². The number of rotatable bonds is 5. The van der Waals surface area contributed by atoms with Crippen molar-refractivity contribution < 1.29 is 9.53 Å². The van der Waals surface area contributed by atoms with Gasteiger partial charge in [-0.15, -0.1) is 17.9 Å². The molecule has 0 amide bonds. The van der Waals surface area contributed by atoms with Crippen molar-refractivity contribution >= 4 is 45.1 Å². The number of esters is 1. The molecule has 20 heavy (non-hydrogen) atoms. The summed E-state index contributed by atoms with van der Waals surface area (Å²) in [6, 6.07) is 0. The largest absolute Gasteiger partial charge is 0.462 e. The third-order valence-corrected chi connectivity index (χ3v) is 4.05. The first-order chi connectivity index (χ1) is 9.58. The van der Waals surface area contributed by atoms with Crippen LogP contribution in [0.2, 0.25) is 5.15 Å². The summed E-state index contributed by atoms with van der Waals surface area (Å²) < 4.78 is 5.02. The lowest BCUT2D eigenvalue weighted by atomic mass is 10.2. The molecule has 0 aliphatic carbocycles. The van der Waals surface area contributed by atoms with Crippen molar-refractivity contribution in [1.82, 2.24) is 9.97 Å². The standard InChI is InChI=1S/C13H14ClN3O2S/c1-4-6-15-13-16-10(14)8-7(3)9(12(18)19-5-2)20-11(8)17-13/h4H,1,5-6H2,2-3H3,(H,15,16,17). The Kier molecular flexibility index (Phi) is 4.57. The zero-order valence-corrected chi connectivity index (χ0v) is 12.8. The van der Waals surface area contributed by atoms with Crippen LogP contribution in [-0.4, -0.2) is 29.1 Å². The van der Waals surface area contributed by atoms with E-state index in [9.17, 15) is 4.79 Å². The van der Waals surface area contributed by atoms with Crippen LogP contribution in [0.25, 0.3) is 10.2 Å². The topological polar surface area (TPSA) is 64.1 Å². The van der Waals surface area contributed by atoms with Gasteiger partial charge in [-0.25, -0.2) is 14.8 Å². The van der Waals surface area contributed by atoms with Crippen LogP contribution >= 0.6 is 22.9 Å². The maximum absolute atomic E-state index is 11.9. The summed E-state index contributed by atoms with van der Waals surface area (Å²) in [5.74, 6) is 0.0590. The Bertz CT molecular complexity index is 669. The first-order valence-electron chi connectivity index (χ1n) is 6.07. The maximum atomic E-state index is 11.9. The van der Waals surface area contributed by atoms with E-state index >= 15 is 0 Å². The molecule has 106 valence electrons. The van der Waals surface area contributed by atoms with Gasteiger partial charge in [0.1, 0.15) is 14.9 Å². The lowest BCUT2D eigenvalue weighted by molar-refractivity contribution is 0.0531. The molecule has 0 aliphatic rings. The molecule has 0 fully saturated rings. The van der Waals surface area contributed by atoms with Crippen molar-refractivity contribution in [2.24, 2.45) is 0 Å². The number of ether oxygens (including phenoxy) is 1. The van der Waals surface area contributed by atoms with Crippen molar-refractivity contribution in [2.75, 3.05) is 18.5 Å². The highest BCUT2D eigenvalue weighted by Gasteiger charge is 2.20. The summed E-state index contributed by atoms with van der Waals surface area (Å²) in [5.41, 5.74) is 0.753. The Labute approximate surface area is 125 Å². The molecule has 0 radical (unpaired) electrons. The van der Waals surface area contributed by atoms with Gasteiger partial charge in [0.15, 0.2) is 0 Å². The molecule has 5 nitrogen and oxygen atoms in total. The molecule has 0 saturated heterocycles. The minimum absolute atomic E-state index is 0.325. The fraction of sp³-hybridized carbons (Fsp3) is 0.308. The summed E-state index contributed by atoms with van der Waals surface area (Å²) in [5, 5.41) is 4.00. The second kappa shape index (κ2) is 6.19. The van der Waals surface area contributed by atoms with Crippen LogP contribution in [0.1, 0.15) is 22.2 Å². The van der Waals surface area contributed by atoms with Crippen LogP contribution in [0.3, 0.4) is 0 Å². The zero-order chi connectivity index (χ0) is 14.7. The number of hydrogen-bond donors (Lipinski definition) is 1. The number of aryl methyl sites for hydroxylation is 1. The minimum atomic E-state index is -0.357. The van der Waals surface area contributed by atoms with Crippen LogP contribution in [-0.2, 0) is 4.74 Å². The van der Waals surface area contributed by atoms with Gasteiger partial charge in [0, 0.05) is 6.54 Å². The van der Waals surface area contributed by atoms with Gasteiger partial charge in [-0.3, -0.25) is 0 Å². The normalized spacial score (nSPS) is 10.6. The minimum Gasteiger partial charge on any atom is -0.462 e. The molecule has 0 atom stereocenters. The highest BCUT2D eigenvalue weighted by Crippen LogP contribution is 2.34. The third-order valence-electron chi connectivity index (χ3n) is 2.61. The first-order valence-corrected chi connectivity index (χ1v) is 7.26. The fourth-order valence-corrected chi connectivity index (χ4v) is 3.17. The third kappa shape index (κ3) is 2.76. The summed E-state index contributed by atoms with van der Waals surface area (Å²) in [7, 11) is 0. The van der Waals surface area contributed by atoms with E-state index in [4.69, 9.17) is 16.3 Å². The molecule has 0 saturated carbocycles. The molecule has 2 heterocycles. The predicted molar refractivity (Wildman–Crippen MR) is 81.8 cm³/mol.